The van der Waals surface area contributed by atoms with Crippen molar-refractivity contribution >= 4 is 33.5 Å². The van der Waals surface area contributed by atoms with Crippen LogP contribution in [0.15, 0.2) is 66.7 Å². The first-order valence-corrected chi connectivity index (χ1v) is 15.9. The third kappa shape index (κ3) is 6.71. The summed E-state index contributed by atoms with van der Waals surface area (Å²) in [6.45, 7) is 0. The Bertz CT molecular complexity index is 1590. The molecule has 0 aliphatic heterocycles. The van der Waals surface area contributed by atoms with Crippen molar-refractivity contribution in [2.24, 2.45) is 0 Å². The fourth-order valence-electron chi connectivity index (χ4n) is 6.89. The Morgan fingerprint density at radius 2 is 1.07 bits per heavy atom. The van der Waals surface area contributed by atoms with E-state index in [-0.39, 0.29) is 18.2 Å². The van der Waals surface area contributed by atoms with E-state index in [1.165, 1.54) is 21.3 Å². The number of carbonyl (C=O) groups excluding carboxylic acids is 2. The number of hydrogen-bond acceptors (Lipinski definition) is 8. The highest BCUT2D eigenvalue weighted by Gasteiger charge is 2.30. The molecule has 0 saturated heterocycles. The first-order chi connectivity index (χ1) is 22.0. The summed E-state index contributed by atoms with van der Waals surface area (Å²) in [5, 5.41) is 7.78. The van der Waals surface area contributed by atoms with E-state index in [0.717, 1.165) is 72.9 Å². The summed E-state index contributed by atoms with van der Waals surface area (Å²) in [4.78, 5) is 26.5. The van der Waals surface area contributed by atoms with Crippen LogP contribution in [0.1, 0.15) is 72.1 Å². The Kier molecular flexibility index (Phi) is 9.40. The SMILES string of the molecule is COc1cc(C(=O)OC2CCC(NC3CCC(OC(=O)c4c5ccccc5cc5ccccc45)CC3)CC2)cc(OC)c1OC. The van der Waals surface area contributed by atoms with Crippen molar-refractivity contribution in [3.63, 3.8) is 0 Å². The molecule has 0 amide bonds. The zero-order chi connectivity index (χ0) is 31.3. The lowest BCUT2D eigenvalue weighted by molar-refractivity contribution is 0.0149. The monoisotopic (exact) mass is 611 g/mol. The molecule has 0 heterocycles. The van der Waals surface area contributed by atoms with Crippen LogP contribution in [0.2, 0.25) is 0 Å². The molecular formula is C37H41NO7. The van der Waals surface area contributed by atoms with Crippen LogP contribution in [-0.4, -0.2) is 57.6 Å². The minimum Gasteiger partial charge on any atom is -0.493 e. The third-order valence-electron chi connectivity index (χ3n) is 9.24. The van der Waals surface area contributed by atoms with Gasteiger partial charge in [0.2, 0.25) is 5.75 Å². The van der Waals surface area contributed by atoms with Gasteiger partial charge in [-0.15, -0.1) is 0 Å². The second-order valence-corrected chi connectivity index (χ2v) is 12.0. The lowest BCUT2D eigenvalue weighted by atomic mass is 9.88. The van der Waals surface area contributed by atoms with Crippen LogP contribution in [0.3, 0.4) is 0 Å². The highest BCUT2D eigenvalue weighted by Crippen LogP contribution is 2.39. The maximum absolute atomic E-state index is 13.5. The van der Waals surface area contributed by atoms with Gasteiger partial charge in [-0.3, -0.25) is 0 Å². The van der Waals surface area contributed by atoms with Crippen LogP contribution in [-0.2, 0) is 9.47 Å². The van der Waals surface area contributed by atoms with E-state index >= 15 is 0 Å². The minimum absolute atomic E-state index is 0.0846. The van der Waals surface area contributed by atoms with Gasteiger partial charge in [0.05, 0.1) is 32.5 Å². The lowest BCUT2D eigenvalue weighted by Crippen LogP contribution is -2.44. The Morgan fingerprint density at radius 1 is 0.600 bits per heavy atom. The number of esters is 2. The predicted octanol–water partition coefficient (Wildman–Crippen LogP) is 7.24. The Balaban J connectivity index is 0.984. The summed E-state index contributed by atoms with van der Waals surface area (Å²) < 4.78 is 28.1. The summed E-state index contributed by atoms with van der Waals surface area (Å²) in [7, 11) is 4.57. The molecule has 236 valence electrons. The topological polar surface area (TPSA) is 92.3 Å². The number of methoxy groups -OCH3 is 3. The average molecular weight is 612 g/mol. The van der Waals surface area contributed by atoms with E-state index in [1.54, 1.807) is 12.1 Å². The van der Waals surface area contributed by atoms with Gasteiger partial charge >= 0.3 is 11.9 Å². The van der Waals surface area contributed by atoms with Crippen LogP contribution in [0.25, 0.3) is 21.5 Å². The predicted molar refractivity (Wildman–Crippen MR) is 174 cm³/mol. The van der Waals surface area contributed by atoms with Crippen LogP contribution >= 0.6 is 0 Å². The fraction of sp³-hybridized carbons (Fsp3) is 0.405. The van der Waals surface area contributed by atoms with Gasteiger partial charge in [0.25, 0.3) is 0 Å². The number of benzene rings is 4. The number of nitrogens with one attached hydrogen (secondary N) is 1. The van der Waals surface area contributed by atoms with Crippen molar-refractivity contribution < 1.29 is 33.3 Å². The van der Waals surface area contributed by atoms with Crippen LogP contribution in [0.4, 0.5) is 0 Å². The van der Waals surface area contributed by atoms with E-state index < -0.39 is 5.97 Å². The van der Waals surface area contributed by atoms with Crippen molar-refractivity contribution in [3.05, 3.63) is 77.9 Å². The minimum atomic E-state index is -0.393. The largest absolute Gasteiger partial charge is 0.493 e. The Hall–Kier alpha value is -4.30. The van der Waals surface area contributed by atoms with Crippen molar-refractivity contribution in [2.45, 2.75) is 75.7 Å². The van der Waals surface area contributed by atoms with Crippen LogP contribution < -0.4 is 19.5 Å². The number of carbonyl (C=O) groups is 2. The first kappa shape index (κ1) is 30.7. The zero-order valence-corrected chi connectivity index (χ0v) is 26.2. The highest BCUT2D eigenvalue weighted by molar-refractivity contribution is 6.16. The number of rotatable bonds is 9. The molecule has 2 aliphatic carbocycles. The molecule has 0 spiro atoms. The molecule has 4 aromatic carbocycles. The molecule has 1 N–H and O–H groups in total. The summed E-state index contributed by atoms with van der Waals surface area (Å²) in [6.07, 6.45) is 6.89. The lowest BCUT2D eigenvalue weighted by Gasteiger charge is -2.35. The molecule has 2 aliphatic rings. The molecular weight excluding hydrogens is 570 g/mol. The molecule has 45 heavy (non-hydrogen) atoms. The van der Waals surface area contributed by atoms with E-state index in [2.05, 4.69) is 11.4 Å². The van der Waals surface area contributed by atoms with E-state index in [1.807, 2.05) is 48.5 Å². The van der Waals surface area contributed by atoms with Gasteiger partial charge in [0.15, 0.2) is 11.5 Å². The van der Waals surface area contributed by atoms with Gasteiger partial charge < -0.3 is 29.0 Å². The molecule has 0 bridgehead atoms. The molecule has 8 nitrogen and oxygen atoms in total. The second-order valence-electron chi connectivity index (χ2n) is 12.0. The normalized spacial score (nSPS) is 21.7. The smallest absolute Gasteiger partial charge is 0.339 e. The maximum Gasteiger partial charge on any atom is 0.339 e. The Labute approximate surface area is 263 Å². The maximum atomic E-state index is 13.5. The van der Waals surface area contributed by atoms with Gasteiger partial charge in [0.1, 0.15) is 12.2 Å². The van der Waals surface area contributed by atoms with Gasteiger partial charge in [-0.2, -0.15) is 0 Å². The van der Waals surface area contributed by atoms with Crippen LogP contribution in [0, 0.1) is 0 Å². The van der Waals surface area contributed by atoms with Crippen LogP contribution in [0.5, 0.6) is 17.2 Å². The number of hydrogen-bond donors (Lipinski definition) is 1. The summed E-state index contributed by atoms with van der Waals surface area (Å²) in [6, 6.07) is 22.2. The summed E-state index contributed by atoms with van der Waals surface area (Å²) in [5.74, 6) is 0.647. The zero-order valence-electron chi connectivity index (χ0n) is 26.2. The average Bonchev–Trinajstić information content (AvgIpc) is 3.08. The molecule has 6 rings (SSSR count). The number of fused-ring (bicyclic) bond motifs is 2. The number of ether oxygens (including phenoxy) is 5. The standard InChI is InChI=1S/C37H41NO7/c1-41-32-21-25(22-33(42-2)35(32)43-3)36(39)44-28-16-12-26(13-17-28)38-27-14-18-29(19-15-27)45-37(40)34-30-10-6-4-8-23(30)20-24-9-5-7-11-31(24)34/h4-11,20-22,26-29,38H,12-19H2,1-3H3. The van der Waals surface area contributed by atoms with Crippen molar-refractivity contribution in [3.8, 4) is 17.2 Å². The van der Waals surface area contributed by atoms with Crippen molar-refractivity contribution in [1.29, 1.82) is 0 Å². The molecule has 0 atom stereocenters. The first-order valence-electron chi connectivity index (χ1n) is 15.9. The molecule has 0 radical (unpaired) electrons. The highest BCUT2D eigenvalue weighted by atomic mass is 16.6. The van der Waals surface area contributed by atoms with Gasteiger partial charge in [-0.1, -0.05) is 48.5 Å². The van der Waals surface area contributed by atoms with E-state index in [0.29, 0.717) is 40.5 Å². The summed E-state index contributed by atoms with van der Waals surface area (Å²) in [5.41, 5.74) is 1.03. The molecule has 4 aromatic rings. The molecule has 2 saturated carbocycles. The Morgan fingerprint density at radius 3 is 1.53 bits per heavy atom. The van der Waals surface area contributed by atoms with Crippen molar-refractivity contribution in [2.75, 3.05) is 21.3 Å². The molecule has 0 aromatic heterocycles. The third-order valence-corrected chi connectivity index (χ3v) is 9.24. The fourth-order valence-corrected chi connectivity index (χ4v) is 6.89. The second kappa shape index (κ2) is 13.8. The quantitative estimate of drug-likeness (QED) is 0.156. The van der Waals surface area contributed by atoms with Gasteiger partial charge in [-0.25, -0.2) is 9.59 Å². The molecule has 2 fully saturated rings. The van der Waals surface area contributed by atoms with E-state index in [9.17, 15) is 9.59 Å². The van der Waals surface area contributed by atoms with Gasteiger partial charge in [0, 0.05) is 12.1 Å². The van der Waals surface area contributed by atoms with E-state index in [4.69, 9.17) is 23.7 Å². The molecule has 0 unspecified atom stereocenters. The van der Waals surface area contributed by atoms with Crippen molar-refractivity contribution in [1.82, 2.24) is 5.32 Å². The molecule has 8 heteroatoms. The van der Waals surface area contributed by atoms with Gasteiger partial charge in [-0.05, 0) is 91.1 Å². The summed E-state index contributed by atoms with van der Waals surface area (Å²) >= 11 is 0.